The van der Waals surface area contributed by atoms with Gasteiger partial charge in [-0.2, -0.15) is 0 Å². The van der Waals surface area contributed by atoms with Gasteiger partial charge in [-0.1, -0.05) is 24.3 Å². The summed E-state index contributed by atoms with van der Waals surface area (Å²) in [5.74, 6) is 0. The molecule has 1 heteroatoms. The van der Waals surface area contributed by atoms with Crippen molar-refractivity contribution in [3.8, 4) is 0 Å². The first-order valence-corrected chi connectivity index (χ1v) is 3.25. The first-order chi connectivity index (χ1) is 4.97. The van der Waals surface area contributed by atoms with Crippen LogP contribution < -0.4 is 0 Å². The molecule has 0 aliphatic carbocycles. The number of hydrogen-bond donors (Lipinski definition) is 0. The molecule has 0 unspecified atom stereocenters. The van der Waals surface area contributed by atoms with Crippen molar-refractivity contribution in [2.75, 3.05) is 0 Å². The van der Waals surface area contributed by atoms with Crippen LogP contribution in [-0.4, -0.2) is 0 Å². The maximum atomic E-state index is 4.99. The van der Waals surface area contributed by atoms with Gasteiger partial charge >= 0.3 is 0 Å². The SMILES string of the molecule is [C]1=Cc2ccccc2CO1. The van der Waals surface area contributed by atoms with E-state index in [4.69, 9.17) is 4.74 Å². The van der Waals surface area contributed by atoms with Crippen LogP contribution in [0.5, 0.6) is 0 Å². The molecule has 49 valence electrons. The molecule has 1 radical (unpaired) electrons. The van der Waals surface area contributed by atoms with Crippen molar-refractivity contribution in [2.45, 2.75) is 6.61 Å². The minimum absolute atomic E-state index is 0.659. The van der Waals surface area contributed by atoms with Gasteiger partial charge in [0.1, 0.15) is 6.61 Å². The van der Waals surface area contributed by atoms with E-state index in [1.54, 1.807) is 0 Å². The van der Waals surface area contributed by atoms with Gasteiger partial charge in [0.05, 0.1) is 0 Å². The summed E-state index contributed by atoms with van der Waals surface area (Å²) in [6.45, 7) is 0.659. The topological polar surface area (TPSA) is 9.23 Å². The summed E-state index contributed by atoms with van der Waals surface area (Å²) in [6.07, 6.45) is 4.58. The van der Waals surface area contributed by atoms with Crippen molar-refractivity contribution >= 4 is 6.08 Å². The number of hydrogen-bond acceptors (Lipinski definition) is 1. The Hall–Kier alpha value is -1.24. The molecule has 0 N–H and O–H groups in total. The second-order valence-electron chi connectivity index (χ2n) is 2.25. The van der Waals surface area contributed by atoms with E-state index in [2.05, 4.69) is 18.4 Å². The van der Waals surface area contributed by atoms with Gasteiger partial charge < -0.3 is 4.74 Å². The third-order valence-corrected chi connectivity index (χ3v) is 1.58. The number of rotatable bonds is 0. The molecule has 0 amide bonds. The fourth-order valence-corrected chi connectivity index (χ4v) is 1.03. The number of benzene rings is 1. The predicted molar refractivity (Wildman–Crippen MR) is 38.9 cm³/mol. The Morgan fingerprint density at radius 2 is 2.20 bits per heavy atom. The molecule has 0 bridgehead atoms. The van der Waals surface area contributed by atoms with Crippen LogP contribution in [-0.2, 0) is 11.3 Å². The summed E-state index contributed by atoms with van der Waals surface area (Å²) in [6, 6.07) is 8.15. The molecule has 0 fully saturated rings. The van der Waals surface area contributed by atoms with Gasteiger partial charge in [-0.25, -0.2) is 0 Å². The van der Waals surface area contributed by atoms with Crippen LogP contribution in [0.3, 0.4) is 0 Å². The fraction of sp³-hybridized carbons (Fsp3) is 0.111. The third-order valence-electron chi connectivity index (χ3n) is 1.58. The van der Waals surface area contributed by atoms with Crippen LogP contribution in [0.2, 0.25) is 0 Å². The van der Waals surface area contributed by atoms with Crippen molar-refractivity contribution in [3.63, 3.8) is 0 Å². The van der Waals surface area contributed by atoms with Crippen LogP contribution >= 0.6 is 0 Å². The lowest BCUT2D eigenvalue weighted by molar-refractivity contribution is 0.213. The third kappa shape index (κ3) is 0.798. The summed E-state index contributed by atoms with van der Waals surface area (Å²) >= 11 is 0. The molecule has 1 aliphatic rings. The van der Waals surface area contributed by atoms with Crippen molar-refractivity contribution in [3.05, 3.63) is 41.7 Å². The highest BCUT2D eigenvalue weighted by Crippen LogP contribution is 2.15. The van der Waals surface area contributed by atoms with Crippen LogP contribution in [0, 0.1) is 6.26 Å². The molecule has 0 saturated carbocycles. The Morgan fingerprint density at radius 3 is 3.10 bits per heavy atom. The molecule has 1 aliphatic heterocycles. The molecule has 0 spiro atoms. The van der Waals surface area contributed by atoms with Crippen LogP contribution in [0.4, 0.5) is 0 Å². The number of ether oxygens (including phenoxy) is 1. The van der Waals surface area contributed by atoms with Crippen molar-refractivity contribution < 1.29 is 4.74 Å². The molecule has 1 heterocycles. The highest BCUT2D eigenvalue weighted by molar-refractivity contribution is 5.52. The van der Waals surface area contributed by atoms with Crippen molar-refractivity contribution in [1.82, 2.24) is 0 Å². The van der Waals surface area contributed by atoms with Crippen LogP contribution in [0.25, 0.3) is 6.08 Å². The first kappa shape index (κ1) is 5.54. The quantitative estimate of drug-likeness (QED) is 0.523. The second-order valence-corrected chi connectivity index (χ2v) is 2.25. The Labute approximate surface area is 59.9 Å². The van der Waals surface area contributed by atoms with Crippen molar-refractivity contribution in [1.29, 1.82) is 0 Å². The first-order valence-electron chi connectivity index (χ1n) is 3.25. The number of fused-ring (bicyclic) bond motifs is 1. The highest BCUT2D eigenvalue weighted by atomic mass is 16.5. The van der Waals surface area contributed by atoms with Crippen LogP contribution in [0.1, 0.15) is 11.1 Å². The maximum absolute atomic E-state index is 4.99. The normalized spacial score (nSPS) is 14.0. The average Bonchev–Trinajstić information content (AvgIpc) is 2.05. The van der Waals surface area contributed by atoms with Gasteiger partial charge in [0.15, 0.2) is 6.26 Å². The van der Waals surface area contributed by atoms with Gasteiger partial charge in [0, 0.05) is 0 Å². The molecule has 1 aromatic rings. The molecule has 1 nitrogen and oxygen atoms in total. The van der Waals surface area contributed by atoms with E-state index in [1.165, 1.54) is 11.1 Å². The van der Waals surface area contributed by atoms with Crippen molar-refractivity contribution in [2.24, 2.45) is 0 Å². The van der Waals surface area contributed by atoms with E-state index in [9.17, 15) is 0 Å². The van der Waals surface area contributed by atoms with E-state index in [0.29, 0.717) is 6.61 Å². The molecule has 0 atom stereocenters. The smallest absolute Gasteiger partial charge is 0.162 e. The maximum Gasteiger partial charge on any atom is 0.162 e. The Morgan fingerprint density at radius 1 is 1.30 bits per heavy atom. The highest BCUT2D eigenvalue weighted by Gasteiger charge is 2.01. The van der Waals surface area contributed by atoms with E-state index in [0.717, 1.165) is 0 Å². The van der Waals surface area contributed by atoms with Gasteiger partial charge in [-0.05, 0) is 17.2 Å². The summed E-state index contributed by atoms with van der Waals surface area (Å²) in [5.41, 5.74) is 2.45. The molecule has 10 heavy (non-hydrogen) atoms. The Kier molecular flexibility index (Phi) is 1.21. The standard InChI is InChI=1S/C9H7O/c1-2-4-9-7-10-6-5-8(9)3-1/h1-5H,7H2. The van der Waals surface area contributed by atoms with Crippen LogP contribution in [0.15, 0.2) is 24.3 Å². The van der Waals surface area contributed by atoms with E-state index >= 15 is 0 Å². The van der Waals surface area contributed by atoms with E-state index in [-0.39, 0.29) is 0 Å². The van der Waals surface area contributed by atoms with Gasteiger partial charge in [-0.15, -0.1) is 0 Å². The lowest BCUT2D eigenvalue weighted by Gasteiger charge is -2.08. The largest absolute Gasteiger partial charge is 0.485 e. The summed E-state index contributed by atoms with van der Waals surface area (Å²) in [5, 5.41) is 0. The summed E-state index contributed by atoms with van der Waals surface area (Å²) in [7, 11) is 0. The molecular formula is C9H7O. The second kappa shape index (κ2) is 2.18. The average molecular weight is 131 g/mol. The minimum Gasteiger partial charge on any atom is -0.485 e. The minimum atomic E-state index is 0.659. The van der Waals surface area contributed by atoms with E-state index in [1.807, 2.05) is 18.2 Å². The molecular weight excluding hydrogens is 124 g/mol. The molecule has 2 rings (SSSR count). The van der Waals surface area contributed by atoms with Gasteiger partial charge in [0.2, 0.25) is 0 Å². The fourth-order valence-electron chi connectivity index (χ4n) is 1.03. The Bertz CT molecular complexity index is 263. The lowest BCUT2D eigenvalue weighted by Crippen LogP contribution is -1.94. The zero-order valence-electron chi connectivity index (χ0n) is 5.50. The molecule has 0 aromatic heterocycles. The zero-order chi connectivity index (χ0) is 6.81. The molecule has 0 saturated heterocycles. The Balaban J connectivity index is 2.54. The summed E-state index contributed by atoms with van der Waals surface area (Å²) < 4.78 is 4.99. The van der Waals surface area contributed by atoms with E-state index < -0.39 is 0 Å². The molecule has 1 aromatic carbocycles. The zero-order valence-corrected chi connectivity index (χ0v) is 5.50. The monoisotopic (exact) mass is 131 g/mol. The predicted octanol–water partition coefficient (Wildman–Crippen LogP) is 1.99. The lowest BCUT2D eigenvalue weighted by atomic mass is 10.1. The van der Waals surface area contributed by atoms with Gasteiger partial charge in [-0.3, -0.25) is 0 Å². The van der Waals surface area contributed by atoms with Gasteiger partial charge in [0.25, 0.3) is 0 Å². The summed E-state index contributed by atoms with van der Waals surface area (Å²) in [4.78, 5) is 0.